The van der Waals surface area contributed by atoms with Gasteiger partial charge in [0.05, 0.1) is 24.5 Å². The Hall–Kier alpha value is -1.41. The number of esters is 2. The minimum absolute atomic E-state index is 0.120. The molecule has 1 unspecified atom stereocenters. The van der Waals surface area contributed by atoms with E-state index in [-0.39, 0.29) is 29.7 Å². The monoisotopic (exact) mass is 398 g/mol. The number of carbonyl (C=O) groups is 2. The molecule has 0 bridgehead atoms. The highest BCUT2D eigenvalue weighted by Gasteiger charge is 2.71. The van der Waals surface area contributed by atoms with Crippen molar-refractivity contribution in [3.8, 4) is 0 Å². The molecule has 0 radical (unpaired) electrons. The van der Waals surface area contributed by atoms with Gasteiger partial charge in [0, 0.05) is 17.9 Å². The Morgan fingerprint density at radius 1 is 1.48 bits per heavy atom. The lowest BCUT2D eigenvalue weighted by Gasteiger charge is -2.31. The van der Waals surface area contributed by atoms with Crippen LogP contribution in [0.1, 0.15) is 19.8 Å². The number of aliphatic hydroxyl groups excluding tert-OH is 1. The van der Waals surface area contributed by atoms with E-state index in [1.54, 1.807) is 0 Å². The number of hydrogen-bond donors (Lipinski definition) is 2. The summed E-state index contributed by atoms with van der Waals surface area (Å²) in [6.07, 6.45) is -1.31. The Morgan fingerprint density at radius 3 is 2.74 bits per heavy atom. The second-order valence-corrected chi connectivity index (χ2v) is 8.53. The van der Waals surface area contributed by atoms with Gasteiger partial charge in [0.25, 0.3) is 0 Å². The lowest BCUT2D eigenvalue weighted by molar-refractivity contribution is -0.170. The van der Waals surface area contributed by atoms with Crippen molar-refractivity contribution in [3.05, 3.63) is 24.3 Å². The van der Waals surface area contributed by atoms with Gasteiger partial charge in [0.15, 0.2) is 5.60 Å². The van der Waals surface area contributed by atoms with Gasteiger partial charge in [0.1, 0.15) is 17.8 Å². The number of ether oxygens (including phenoxy) is 3. The van der Waals surface area contributed by atoms with E-state index in [2.05, 4.69) is 13.2 Å². The highest BCUT2D eigenvalue weighted by atomic mass is 35.5. The Balaban J connectivity index is 1.69. The molecule has 27 heavy (non-hydrogen) atoms. The normalized spacial score (nSPS) is 45.0. The average Bonchev–Trinajstić information content (AvgIpc) is 3.29. The zero-order valence-electron chi connectivity index (χ0n) is 15.0. The maximum absolute atomic E-state index is 12.4. The van der Waals surface area contributed by atoms with Gasteiger partial charge in [-0.05, 0) is 19.3 Å². The predicted octanol–water partition coefficient (Wildman–Crippen LogP) is 0.712. The molecule has 8 heteroatoms. The van der Waals surface area contributed by atoms with Crippen LogP contribution >= 0.6 is 11.6 Å². The number of epoxide rings is 1. The molecule has 0 aromatic rings. The Morgan fingerprint density at radius 2 is 2.15 bits per heavy atom. The molecule has 2 N–H and O–H groups in total. The third kappa shape index (κ3) is 2.67. The summed E-state index contributed by atoms with van der Waals surface area (Å²) in [5.74, 6) is -2.72. The molecule has 8 atom stereocenters. The first kappa shape index (κ1) is 18.9. The molecule has 0 aromatic heterocycles. The zero-order chi connectivity index (χ0) is 19.7. The number of halogens is 1. The Labute approximate surface area is 161 Å². The first-order chi connectivity index (χ1) is 12.6. The van der Waals surface area contributed by atoms with Crippen molar-refractivity contribution in [2.24, 2.45) is 17.8 Å². The maximum atomic E-state index is 12.4. The molecule has 4 rings (SSSR count). The summed E-state index contributed by atoms with van der Waals surface area (Å²) >= 11 is 5.66. The van der Waals surface area contributed by atoms with Gasteiger partial charge in [0.2, 0.25) is 0 Å². The van der Waals surface area contributed by atoms with Gasteiger partial charge in [-0.2, -0.15) is 0 Å². The predicted molar refractivity (Wildman–Crippen MR) is 93.8 cm³/mol. The fourth-order valence-electron chi connectivity index (χ4n) is 4.86. The molecule has 7 nitrogen and oxygen atoms in total. The van der Waals surface area contributed by atoms with Crippen molar-refractivity contribution < 1.29 is 34.0 Å². The van der Waals surface area contributed by atoms with Crippen LogP contribution in [0.4, 0.5) is 0 Å². The highest BCUT2D eigenvalue weighted by Crippen LogP contribution is 2.60. The number of alkyl halides is 1. The van der Waals surface area contributed by atoms with Crippen molar-refractivity contribution in [2.75, 3.05) is 12.5 Å². The van der Waals surface area contributed by atoms with Gasteiger partial charge >= 0.3 is 11.9 Å². The summed E-state index contributed by atoms with van der Waals surface area (Å²) in [4.78, 5) is 24.7. The molecule has 2 saturated carbocycles. The second kappa shape index (κ2) is 6.04. The summed E-state index contributed by atoms with van der Waals surface area (Å²) in [7, 11) is 0. The van der Waals surface area contributed by atoms with Crippen LogP contribution in [-0.2, 0) is 23.8 Å². The average molecular weight is 399 g/mol. The zero-order valence-corrected chi connectivity index (χ0v) is 15.8. The molecule has 148 valence electrons. The molecule has 2 aliphatic heterocycles. The van der Waals surface area contributed by atoms with Crippen LogP contribution in [0, 0.1) is 17.8 Å². The van der Waals surface area contributed by atoms with Crippen LogP contribution in [0.2, 0.25) is 0 Å². The van der Waals surface area contributed by atoms with Crippen molar-refractivity contribution >= 4 is 23.5 Å². The lowest BCUT2D eigenvalue weighted by Crippen LogP contribution is -2.45. The number of hydrogen-bond acceptors (Lipinski definition) is 7. The van der Waals surface area contributed by atoms with Crippen molar-refractivity contribution in [3.63, 3.8) is 0 Å². The van der Waals surface area contributed by atoms with E-state index >= 15 is 0 Å². The molecule has 2 saturated heterocycles. The van der Waals surface area contributed by atoms with Gasteiger partial charge < -0.3 is 24.4 Å². The number of rotatable bonds is 3. The van der Waals surface area contributed by atoms with Crippen molar-refractivity contribution in [2.45, 2.75) is 49.3 Å². The van der Waals surface area contributed by atoms with E-state index in [1.165, 1.54) is 6.92 Å². The smallest absolute Gasteiger partial charge is 0.339 e. The van der Waals surface area contributed by atoms with Crippen LogP contribution in [0.25, 0.3) is 0 Å². The fraction of sp³-hybridized carbons (Fsp3) is 0.684. The van der Waals surface area contributed by atoms with Crippen LogP contribution < -0.4 is 0 Å². The first-order valence-electron chi connectivity index (χ1n) is 9.01. The van der Waals surface area contributed by atoms with Crippen LogP contribution in [-0.4, -0.2) is 64.2 Å². The third-order valence-electron chi connectivity index (χ3n) is 6.48. The van der Waals surface area contributed by atoms with Gasteiger partial charge in [-0.1, -0.05) is 18.7 Å². The SMILES string of the molecule is C=C1C(=O)O[C@H]2[C@H]1[C@@H](OC(=O)C(C)(O)CCl)CC(=C)[C@@H]1C[C@H](O)[C@@]3(CO3)[C@H]21. The first-order valence-corrected chi connectivity index (χ1v) is 9.54. The molecule has 0 amide bonds. The summed E-state index contributed by atoms with van der Waals surface area (Å²) in [5, 5.41) is 20.6. The van der Waals surface area contributed by atoms with E-state index < -0.39 is 47.4 Å². The van der Waals surface area contributed by atoms with E-state index in [4.69, 9.17) is 25.8 Å². The summed E-state index contributed by atoms with van der Waals surface area (Å²) in [6, 6.07) is 0. The standard InChI is InChI=1S/C19H23ClO7/c1-8-4-11(26-17(23)18(3,24)6-20)13-9(2)16(22)27-15(13)14-10(8)5-12(21)19(14)7-25-19/h10-15,21,24H,1-2,4-7H2,3H3/t10-,11-,12-,13+,14-,15-,18?,19-/m0/s1. The van der Waals surface area contributed by atoms with Gasteiger partial charge in [-0.25, -0.2) is 9.59 Å². The molecular weight excluding hydrogens is 376 g/mol. The summed E-state index contributed by atoms with van der Waals surface area (Å²) in [5.41, 5.74) is -1.58. The highest BCUT2D eigenvalue weighted by molar-refractivity contribution is 6.20. The van der Waals surface area contributed by atoms with Gasteiger partial charge in [-0.3, -0.25) is 0 Å². The largest absolute Gasteiger partial charge is 0.459 e. The second-order valence-electron chi connectivity index (χ2n) is 8.26. The molecule has 4 fully saturated rings. The van der Waals surface area contributed by atoms with Crippen LogP contribution in [0.15, 0.2) is 24.3 Å². The molecular formula is C19H23ClO7. The maximum Gasteiger partial charge on any atom is 0.339 e. The lowest BCUT2D eigenvalue weighted by atomic mass is 9.78. The Bertz CT molecular complexity index is 726. The third-order valence-corrected chi connectivity index (χ3v) is 7.00. The quantitative estimate of drug-likeness (QED) is 0.237. The molecule has 4 aliphatic rings. The summed E-state index contributed by atoms with van der Waals surface area (Å²) < 4.78 is 16.8. The minimum Gasteiger partial charge on any atom is -0.459 e. The van der Waals surface area contributed by atoms with E-state index in [9.17, 15) is 19.8 Å². The van der Waals surface area contributed by atoms with E-state index in [1.807, 2.05) is 0 Å². The molecule has 1 spiro atoms. The topological polar surface area (TPSA) is 106 Å². The minimum atomic E-state index is -1.84. The van der Waals surface area contributed by atoms with Crippen molar-refractivity contribution in [1.82, 2.24) is 0 Å². The number of carbonyl (C=O) groups excluding carboxylic acids is 2. The number of fused-ring (bicyclic) bond motifs is 4. The number of aliphatic hydroxyl groups is 2. The molecule has 2 aliphatic carbocycles. The van der Waals surface area contributed by atoms with Gasteiger partial charge in [-0.15, -0.1) is 11.6 Å². The van der Waals surface area contributed by atoms with Crippen LogP contribution in [0.3, 0.4) is 0 Å². The fourth-order valence-corrected chi connectivity index (χ4v) is 4.96. The summed E-state index contributed by atoms with van der Waals surface area (Å²) in [6.45, 7) is 9.64. The van der Waals surface area contributed by atoms with Crippen molar-refractivity contribution in [1.29, 1.82) is 0 Å². The molecule has 0 aromatic carbocycles. The van der Waals surface area contributed by atoms with Crippen LogP contribution in [0.5, 0.6) is 0 Å². The Kier molecular flexibility index (Phi) is 4.24. The molecule has 2 heterocycles. The van der Waals surface area contributed by atoms with E-state index in [0.29, 0.717) is 13.0 Å². The van der Waals surface area contributed by atoms with E-state index in [0.717, 1.165) is 5.57 Å².